The van der Waals surface area contributed by atoms with Gasteiger partial charge in [-0.3, -0.25) is 4.79 Å². The maximum Gasteiger partial charge on any atom is 0.252 e. The Morgan fingerprint density at radius 2 is 2.12 bits per heavy atom. The van der Waals surface area contributed by atoms with Gasteiger partial charge in [-0.1, -0.05) is 0 Å². The first-order valence-electron chi connectivity index (χ1n) is 8.44. The minimum absolute atomic E-state index is 0.0139. The van der Waals surface area contributed by atoms with Crippen LogP contribution >= 0.6 is 27.3 Å². The smallest absolute Gasteiger partial charge is 0.252 e. The van der Waals surface area contributed by atoms with Crippen molar-refractivity contribution >= 4 is 43.2 Å². The van der Waals surface area contributed by atoms with Gasteiger partial charge in [-0.25, -0.2) is 8.42 Å². The Bertz CT molecular complexity index is 840. The number of carbonyl (C=O) groups is 1. The Hall–Kier alpha value is -1.16. The average molecular weight is 461 g/mol. The minimum atomic E-state index is -3.47. The summed E-state index contributed by atoms with van der Waals surface area (Å²) >= 11 is 4.50. The van der Waals surface area contributed by atoms with E-state index in [0.29, 0.717) is 36.6 Å². The second kappa shape index (κ2) is 8.24. The van der Waals surface area contributed by atoms with Crippen LogP contribution in [0, 0.1) is 5.92 Å². The van der Waals surface area contributed by atoms with Crippen molar-refractivity contribution in [2.75, 3.05) is 13.1 Å². The van der Waals surface area contributed by atoms with E-state index in [0.717, 1.165) is 9.55 Å². The molecule has 26 heavy (non-hydrogen) atoms. The highest BCUT2D eigenvalue weighted by atomic mass is 79.9. The van der Waals surface area contributed by atoms with Crippen molar-refractivity contribution in [3.8, 4) is 0 Å². The highest BCUT2D eigenvalue weighted by Gasteiger charge is 2.33. The molecule has 1 aliphatic heterocycles. The second-order valence-electron chi connectivity index (χ2n) is 6.43. The second-order valence-corrected chi connectivity index (χ2v) is 11.1. The maximum absolute atomic E-state index is 12.6. The lowest BCUT2D eigenvalue weighted by atomic mass is 9.96. The van der Waals surface area contributed by atoms with E-state index in [1.807, 2.05) is 19.1 Å². The Morgan fingerprint density at radius 1 is 1.38 bits per heavy atom. The molecule has 1 N–H and O–H groups in total. The lowest BCUT2D eigenvalue weighted by Gasteiger charge is -2.30. The summed E-state index contributed by atoms with van der Waals surface area (Å²) in [6, 6.07) is 7.03. The van der Waals surface area contributed by atoms with Gasteiger partial charge in [-0.05, 0) is 60.0 Å². The fourth-order valence-corrected chi connectivity index (χ4v) is 6.70. The lowest BCUT2D eigenvalue weighted by molar-refractivity contribution is -0.126. The molecule has 3 rings (SSSR count). The number of sulfonamides is 1. The number of hydrogen-bond acceptors (Lipinski definition) is 5. The van der Waals surface area contributed by atoms with E-state index in [9.17, 15) is 13.2 Å². The number of nitrogens with zero attached hydrogens (tertiary/aromatic N) is 1. The summed E-state index contributed by atoms with van der Waals surface area (Å²) in [7, 11) is -3.47. The molecule has 1 saturated heterocycles. The molecule has 1 unspecified atom stereocenters. The Morgan fingerprint density at radius 3 is 2.69 bits per heavy atom. The van der Waals surface area contributed by atoms with Gasteiger partial charge < -0.3 is 9.73 Å². The molecule has 0 spiro atoms. The molecule has 0 radical (unpaired) electrons. The summed E-state index contributed by atoms with van der Waals surface area (Å²) in [6.07, 6.45) is 3.32. The van der Waals surface area contributed by atoms with E-state index in [1.165, 1.54) is 15.6 Å². The van der Waals surface area contributed by atoms with Gasteiger partial charge in [0.05, 0.1) is 10.0 Å². The molecule has 2 aromatic rings. The highest BCUT2D eigenvalue weighted by Crippen LogP contribution is 2.30. The van der Waals surface area contributed by atoms with Crippen LogP contribution in [0.1, 0.15) is 25.5 Å². The van der Waals surface area contributed by atoms with Gasteiger partial charge >= 0.3 is 0 Å². The number of furan rings is 1. The number of carbonyl (C=O) groups excluding carboxylic acids is 1. The van der Waals surface area contributed by atoms with E-state index in [4.69, 9.17) is 4.42 Å². The van der Waals surface area contributed by atoms with Crippen LogP contribution in [0.5, 0.6) is 0 Å². The molecule has 0 bridgehead atoms. The minimum Gasteiger partial charge on any atom is -0.469 e. The fourth-order valence-electron chi connectivity index (χ4n) is 3.06. The van der Waals surface area contributed by atoms with Crippen LogP contribution < -0.4 is 5.32 Å². The number of amides is 1. The zero-order chi connectivity index (χ0) is 18.7. The molecule has 0 saturated carbocycles. The summed E-state index contributed by atoms with van der Waals surface area (Å²) < 4.78 is 33.2. The SMILES string of the molecule is CC(Cc1ccco1)NC(=O)C1CCN(S(=O)(=O)c2ccc(Br)s2)CC1. The molecule has 1 amide bonds. The van der Waals surface area contributed by atoms with Crippen molar-refractivity contribution in [3.63, 3.8) is 0 Å². The molecular formula is C17H21BrN2O4S2. The number of hydrogen-bond donors (Lipinski definition) is 1. The molecule has 9 heteroatoms. The van der Waals surface area contributed by atoms with Crippen molar-refractivity contribution in [3.05, 3.63) is 40.1 Å². The summed E-state index contributed by atoms with van der Waals surface area (Å²) in [5.74, 6) is 0.663. The predicted octanol–water partition coefficient (Wildman–Crippen LogP) is 3.25. The number of thiophene rings is 1. The molecule has 1 atom stereocenters. The van der Waals surface area contributed by atoms with Crippen LogP contribution in [0.25, 0.3) is 0 Å². The van der Waals surface area contributed by atoms with Gasteiger partial charge in [0, 0.05) is 31.5 Å². The fraction of sp³-hybridized carbons (Fsp3) is 0.471. The van der Waals surface area contributed by atoms with Gasteiger partial charge in [0.2, 0.25) is 5.91 Å². The van der Waals surface area contributed by atoms with E-state index in [-0.39, 0.29) is 17.9 Å². The molecular weight excluding hydrogens is 440 g/mol. The highest BCUT2D eigenvalue weighted by molar-refractivity contribution is 9.11. The quantitative estimate of drug-likeness (QED) is 0.717. The summed E-state index contributed by atoms with van der Waals surface area (Å²) in [4.78, 5) is 12.5. The third-order valence-electron chi connectivity index (χ3n) is 4.44. The Kier molecular flexibility index (Phi) is 6.21. The first-order valence-corrected chi connectivity index (χ1v) is 11.5. The van der Waals surface area contributed by atoms with E-state index >= 15 is 0 Å². The molecule has 1 fully saturated rings. The van der Waals surface area contributed by atoms with Gasteiger partial charge in [0.25, 0.3) is 10.0 Å². The van der Waals surface area contributed by atoms with Crippen molar-refractivity contribution in [2.45, 2.75) is 36.4 Å². The van der Waals surface area contributed by atoms with Crippen molar-refractivity contribution in [1.82, 2.24) is 9.62 Å². The molecule has 6 nitrogen and oxygen atoms in total. The first-order chi connectivity index (χ1) is 12.4. The number of nitrogens with one attached hydrogen (secondary N) is 1. The van der Waals surface area contributed by atoms with Crippen LogP contribution in [0.2, 0.25) is 0 Å². The van der Waals surface area contributed by atoms with E-state index in [1.54, 1.807) is 18.4 Å². The monoisotopic (exact) mass is 460 g/mol. The lowest BCUT2D eigenvalue weighted by Crippen LogP contribution is -2.45. The van der Waals surface area contributed by atoms with Gasteiger partial charge in [-0.2, -0.15) is 4.31 Å². The largest absolute Gasteiger partial charge is 0.469 e. The van der Waals surface area contributed by atoms with Crippen LogP contribution in [0.3, 0.4) is 0 Å². The van der Waals surface area contributed by atoms with E-state index in [2.05, 4.69) is 21.2 Å². The van der Waals surface area contributed by atoms with E-state index < -0.39 is 10.0 Å². The molecule has 1 aliphatic rings. The molecule has 3 heterocycles. The maximum atomic E-state index is 12.6. The number of halogens is 1. The van der Waals surface area contributed by atoms with Gasteiger partial charge in [-0.15, -0.1) is 11.3 Å². The van der Waals surface area contributed by atoms with Gasteiger partial charge in [0.1, 0.15) is 9.97 Å². The standard InChI is InChI=1S/C17H21BrN2O4S2/c1-12(11-14-3-2-10-24-14)19-17(21)13-6-8-20(9-7-13)26(22,23)16-5-4-15(18)25-16/h2-5,10,12-13H,6-9,11H2,1H3,(H,19,21). The van der Waals surface area contributed by atoms with Crippen LogP contribution in [-0.4, -0.2) is 37.8 Å². The van der Waals surface area contributed by atoms with Gasteiger partial charge in [0.15, 0.2) is 0 Å². The van der Waals surface area contributed by atoms with Crippen LogP contribution in [0.15, 0.2) is 42.9 Å². The van der Waals surface area contributed by atoms with Crippen molar-refractivity contribution < 1.29 is 17.6 Å². The first kappa shape index (κ1) is 19.6. The number of rotatable bonds is 6. The molecule has 0 aromatic carbocycles. The zero-order valence-electron chi connectivity index (χ0n) is 14.4. The molecule has 2 aromatic heterocycles. The molecule has 0 aliphatic carbocycles. The van der Waals surface area contributed by atoms with Crippen LogP contribution in [-0.2, 0) is 21.2 Å². The normalized spacial score (nSPS) is 17.9. The zero-order valence-corrected chi connectivity index (χ0v) is 17.6. The number of piperidine rings is 1. The van der Waals surface area contributed by atoms with Crippen molar-refractivity contribution in [1.29, 1.82) is 0 Å². The third kappa shape index (κ3) is 4.57. The predicted molar refractivity (Wildman–Crippen MR) is 104 cm³/mol. The Balaban J connectivity index is 1.52. The molecule has 142 valence electrons. The summed E-state index contributed by atoms with van der Waals surface area (Å²) in [6.45, 7) is 2.67. The van der Waals surface area contributed by atoms with Crippen molar-refractivity contribution in [2.24, 2.45) is 5.92 Å². The summed E-state index contributed by atoms with van der Waals surface area (Å²) in [5.41, 5.74) is 0. The topological polar surface area (TPSA) is 79.6 Å². The Labute approximate surface area is 165 Å². The average Bonchev–Trinajstić information content (AvgIpc) is 3.26. The van der Waals surface area contributed by atoms with Crippen LogP contribution in [0.4, 0.5) is 0 Å². The summed E-state index contributed by atoms with van der Waals surface area (Å²) in [5, 5.41) is 3.01. The third-order valence-corrected chi connectivity index (χ3v) is 8.43.